The van der Waals surface area contributed by atoms with E-state index in [-0.39, 0.29) is 5.60 Å². The van der Waals surface area contributed by atoms with Gasteiger partial charge in [-0.1, -0.05) is 40.0 Å². The minimum atomic E-state index is 0.0227. The van der Waals surface area contributed by atoms with Crippen molar-refractivity contribution in [2.24, 2.45) is 23.5 Å². The van der Waals surface area contributed by atoms with Gasteiger partial charge in [-0.25, -0.2) is 0 Å². The molecule has 0 heterocycles. The number of hydrogen-bond donors (Lipinski definition) is 1. The van der Waals surface area contributed by atoms with Crippen molar-refractivity contribution in [3.8, 4) is 0 Å². The summed E-state index contributed by atoms with van der Waals surface area (Å²) in [6, 6.07) is 0. The molecule has 0 aliphatic heterocycles. The fourth-order valence-electron chi connectivity index (χ4n) is 3.96. The molecule has 0 amide bonds. The van der Waals surface area contributed by atoms with Crippen LogP contribution in [-0.2, 0) is 4.74 Å². The molecule has 2 heteroatoms. The highest BCUT2D eigenvalue weighted by Gasteiger charge is 2.40. The van der Waals surface area contributed by atoms with Gasteiger partial charge in [-0.2, -0.15) is 0 Å². The Bertz CT molecular complexity index is 258. The van der Waals surface area contributed by atoms with Gasteiger partial charge in [0.25, 0.3) is 0 Å². The van der Waals surface area contributed by atoms with Crippen LogP contribution in [0.3, 0.4) is 0 Å². The van der Waals surface area contributed by atoms with E-state index < -0.39 is 0 Å². The van der Waals surface area contributed by atoms with Gasteiger partial charge in [0.15, 0.2) is 0 Å². The van der Waals surface area contributed by atoms with Crippen LogP contribution in [0.15, 0.2) is 0 Å². The summed E-state index contributed by atoms with van der Waals surface area (Å²) in [5.41, 5.74) is 6.04. The summed E-state index contributed by atoms with van der Waals surface area (Å²) in [7, 11) is 0. The number of nitrogens with two attached hydrogens (primary N) is 1. The summed E-state index contributed by atoms with van der Waals surface area (Å²) < 4.78 is 6.61. The second-order valence-corrected chi connectivity index (χ2v) is 7.08. The fraction of sp³-hybridized carbons (Fsp3) is 1.00. The highest BCUT2D eigenvalue weighted by Crippen LogP contribution is 2.41. The minimum Gasteiger partial charge on any atom is -0.370 e. The van der Waals surface area contributed by atoms with Gasteiger partial charge < -0.3 is 10.5 Å². The average Bonchev–Trinajstić information content (AvgIpc) is 2.78. The van der Waals surface area contributed by atoms with Crippen LogP contribution in [0.4, 0.5) is 0 Å². The lowest BCUT2D eigenvalue weighted by Gasteiger charge is -2.42. The Hall–Kier alpha value is -0.0800. The van der Waals surface area contributed by atoms with E-state index in [4.69, 9.17) is 10.5 Å². The lowest BCUT2D eigenvalue weighted by molar-refractivity contribution is -0.132. The van der Waals surface area contributed by atoms with Crippen LogP contribution in [-0.4, -0.2) is 18.2 Å². The van der Waals surface area contributed by atoms with Crippen molar-refractivity contribution in [3.63, 3.8) is 0 Å². The van der Waals surface area contributed by atoms with Crippen molar-refractivity contribution in [1.82, 2.24) is 0 Å². The largest absolute Gasteiger partial charge is 0.370 e. The Morgan fingerprint density at radius 2 is 1.89 bits per heavy atom. The van der Waals surface area contributed by atoms with Gasteiger partial charge in [-0.15, -0.1) is 0 Å². The molecule has 0 aromatic rings. The molecule has 0 aromatic carbocycles. The predicted octanol–water partition coefficient (Wildman–Crippen LogP) is 3.74. The Morgan fingerprint density at radius 1 is 1.22 bits per heavy atom. The predicted molar refractivity (Wildman–Crippen MR) is 76.5 cm³/mol. The van der Waals surface area contributed by atoms with E-state index in [0.717, 1.165) is 17.8 Å². The summed E-state index contributed by atoms with van der Waals surface area (Å²) in [6.45, 7) is 7.78. The SMILES string of the molecule is CC1CCC(C(C)C)C(OC2(CN)CCCC2)C1. The van der Waals surface area contributed by atoms with Crippen LogP contribution in [0.25, 0.3) is 0 Å². The van der Waals surface area contributed by atoms with Crippen LogP contribution >= 0.6 is 0 Å². The maximum absolute atomic E-state index is 6.61. The topological polar surface area (TPSA) is 35.2 Å². The van der Waals surface area contributed by atoms with Gasteiger partial charge in [-0.05, 0) is 43.4 Å². The van der Waals surface area contributed by atoms with Crippen molar-refractivity contribution in [3.05, 3.63) is 0 Å². The van der Waals surface area contributed by atoms with Crippen molar-refractivity contribution < 1.29 is 4.74 Å². The highest BCUT2D eigenvalue weighted by atomic mass is 16.5. The molecule has 0 saturated heterocycles. The van der Waals surface area contributed by atoms with Crippen LogP contribution < -0.4 is 5.73 Å². The molecule has 2 aliphatic rings. The molecule has 0 bridgehead atoms. The van der Waals surface area contributed by atoms with Crippen LogP contribution in [0, 0.1) is 17.8 Å². The molecule has 18 heavy (non-hydrogen) atoms. The summed E-state index contributed by atoms with van der Waals surface area (Å²) in [5.74, 6) is 2.30. The molecule has 2 nitrogen and oxygen atoms in total. The zero-order valence-electron chi connectivity index (χ0n) is 12.5. The molecule has 106 valence electrons. The molecule has 2 fully saturated rings. The second kappa shape index (κ2) is 5.92. The first kappa shape index (κ1) is 14.3. The van der Waals surface area contributed by atoms with Gasteiger partial charge >= 0.3 is 0 Å². The summed E-state index contributed by atoms with van der Waals surface area (Å²) in [6.07, 6.45) is 9.36. The maximum atomic E-state index is 6.61. The van der Waals surface area contributed by atoms with Gasteiger partial charge in [0.1, 0.15) is 0 Å². The average molecular weight is 253 g/mol. The summed E-state index contributed by atoms with van der Waals surface area (Å²) >= 11 is 0. The van der Waals surface area contributed by atoms with Crippen LogP contribution in [0.2, 0.25) is 0 Å². The fourth-order valence-corrected chi connectivity index (χ4v) is 3.96. The van der Waals surface area contributed by atoms with Crippen LogP contribution in [0.1, 0.15) is 65.7 Å². The molecule has 2 rings (SSSR count). The van der Waals surface area contributed by atoms with E-state index in [0.29, 0.717) is 12.6 Å². The Labute approximate surface area is 113 Å². The van der Waals surface area contributed by atoms with E-state index in [1.807, 2.05) is 0 Å². The lowest BCUT2D eigenvalue weighted by Crippen LogP contribution is -2.46. The van der Waals surface area contributed by atoms with Crippen molar-refractivity contribution in [2.45, 2.75) is 77.4 Å². The van der Waals surface area contributed by atoms with E-state index in [1.165, 1.54) is 44.9 Å². The lowest BCUT2D eigenvalue weighted by atomic mass is 9.75. The third-order valence-electron chi connectivity index (χ3n) is 5.25. The molecule has 3 atom stereocenters. The molecule has 3 unspecified atom stereocenters. The minimum absolute atomic E-state index is 0.0227. The molecule has 2 aliphatic carbocycles. The van der Waals surface area contributed by atoms with Crippen molar-refractivity contribution in [1.29, 1.82) is 0 Å². The molecular formula is C16H31NO. The number of rotatable bonds is 4. The monoisotopic (exact) mass is 253 g/mol. The molecule has 2 saturated carbocycles. The molecule has 0 spiro atoms. The van der Waals surface area contributed by atoms with E-state index in [2.05, 4.69) is 20.8 Å². The molecular weight excluding hydrogens is 222 g/mol. The maximum Gasteiger partial charge on any atom is 0.0808 e. The van der Waals surface area contributed by atoms with E-state index >= 15 is 0 Å². The third kappa shape index (κ3) is 3.08. The Balaban J connectivity index is 2.03. The number of hydrogen-bond acceptors (Lipinski definition) is 2. The van der Waals surface area contributed by atoms with Gasteiger partial charge in [0, 0.05) is 6.54 Å². The quantitative estimate of drug-likeness (QED) is 0.828. The first-order valence-electron chi connectivity index (χ1n) is 7.94. The first-order chi connectivity index (χ1) is 8.56. The molecule has 0 radical (unpaired) electrons. The molecule has 2 N–H and O–H groups in total. The van der Waals surface area contributed by atoms with Gasteiger partial charge in [0.2, 0.25) is 0 Å². The van der Waals surface area contributed by atoms with E-state index in [1.54, 1.807) is 0 Å². The second-order valence-electron chi connectivity index (χ2n) is 7.08. The summed E-state index contributed by atoms with van der Waals surface area (Å²) in [5, 5.41) is 0. The molecule has 0 aromatic heterocycles. The van der Waals surface area contributed by atoms with Crippen LogP contribution in [0.5, 0.6) is 0 Å². The van der Waals surface area contributed by atoms with Crippen molar-refractivity contribution >= 4 is 0 Å². The van der Waals surface area contributed by atoms with Gasteiger partial charge in [0.05, 0.1) is 11.7 Å². The van der Waals surface area contributed by atoms with Crippen molar-refractivity contribution in [2.75, 3.05) is 6.54 Å². The smallest absolute Gasteiger partial charge is 0.0808 e. The normalized spacial score (nSPS) is 36.2. The van der Waals surface area contributed by atoms with E-state index in [9.17, 15) is 0 Å². The number of ether oxygens (including phenoxy) is 1. The first-order valence-corrected chi connectivity index (χ1v) is 7.94. The standard InChI is InChI=1S/C16H31NO/c1-12(2)14-7-6-13(3)10-15(14)18-16(11-17)8-4-5-9-16/h12-15H,4-11,17H2,1-3H3. The zero-order chi connectivity index (χ0) is 13.2. The highest BCUT2D eigenvalue weighted by molar-refractivity contribution is 4.91. The Morgan fingerprint density at radius 3 is 2.44 bits per heavy atom. The zero-order valence-corrected chi connectivity index (χ0v) is 12.5. The van der Waals surface area contributed by atoms with Gasteiger partial charge in [-0.3, -0.25) is 0 Å². The third-order valence-corrected chi connectivity index (χ3v) is 5.25. The summed E-state index contributed by atoms with van der Waals surface area (Å²) in [4.78, 5) is 0. The Kier molecular flexibility index (Phi) is 4.71.